The van der Waals surface area contributed by atoms with E-state index in [1.807, 2.05) is 6.92 Å². The third-order valence-corrected chi connectivity index (χ3v) is 2.96. The van der Waals surface area contributed by atoms with Crippen LogP contribution in [0.15, 0.2) is 0 Å². The van der Waals surface area contributed by atoms with Crippen molar-refractivity contribution in [3.63, 3.8) is 0 Å². The number of rotatable bonds is 5. The van der Waals surface area contributed by atoms with Crippen LogP contribution in [0.5, 0.6) is 0 Å². The van der Waals surface area contributed by atoms with Crippen molar-refractivity contribution in [3.05, 3.63) is 0 Å². The van der Waals surface area contributed by atoms with Crippen molar-refractivity contribution in [1.29, 1.82) is 0 Å². The molecule has 0 aromatic carbocycles. The molecule has 0 saturated carbocycles. The molecule has 4 N–H and O–H groups in total. The van der Waals surface area contributed by atoms with Crippen molar-refractivity contribution in [1.82, 2.24) is 10.6 Å². The molecule has 1 unspecified atom stereocenters. The largest absolute Gasteiger partial charge is 0.354 e. The number of piperidine rings is 1. The summed E-state index contributed by atoms with van der Waals surface area (Å²) in [6, 6.07) is -0.322. The van der Waals surface area contributed by atoms with E-state index >= 15 is 0 Å². The summed E-state index contributed by atoms with van der Waals surface area (Å²) >= 11 is 0. The van der Waals surface area contributed by atoms with Crippen LogP contribution in [0.3, 0.4) is 0 Å². The molecule has 0 aromatic rings. The van der Waals surface area contributed by atoms with Gasteiger partial charge < -0.3 is 16.4 Å². The van der Waals surface area contributed by atoms with E-state index in [0.29, 0.717) is 5.92 Å². The van der Waals surface area contributed by atoms with Crippen LogP contribution in [0.4, 0.5) is 0 Å². The Kier molecular flexibility index (Phi) is 5.65. The number of amides is 1. The van der Waals surface area contributed by atoms with Gasteiger partial charge in [0, 0.05) is 6.54 Å². The van der Waals surface area contributed by atoms with E-state index < -0.39 is 0 Å². The average molecular weight is 213 g/mol. The molecule has 1 heterocycles. The number of carbonyl (C=O) groups is 1. The first kappa shape index (κ1) is 12.5. The molecule has 1 fully saturated rings. The zero-order chi connectivity index (χ0) is 11.1. The monoisotopic (exact) mass is 213 g/mol. The first-order valence-electron chi connectivity index (χ1n) is 5.98. The molecule has 1 aliphatic rings. The molecule has 0 radical (unpaired) electrons. The van der Waals surface area contributed by atoms with Crippen LogP contribution in [0, 0.1) is 5.92 Å². The highest BCUT2D eigenvalue weighted by atomic mass is 16.2. The SMILES string of the molecule is CCCC(N)C(=O)NCC1CCNCC1. The third kappa shape index (κ3) is 4.62. The quantitative estimate of drug-likeness (QED) is 0.612. The lowest BCUT2D eigenvalue weighted by Gasteiger charge is -2.23. The summed E-state index contributed by atoms with van der Waals surface area (Å²) < 4.78 is 0. The van der Waals surface area contributed by atoms with Crippen LogP contribution in [0.25, 0.3) is 0 Å². The summed E-state index contributed by atoms with van der Waals surface area (Å²) in [7, 11) is 0. The molecule has 4 heteroatoms. The number of nitrogens with one attached hydrogen (secondary N) is 2. The van der Waals surface area contributed by atoms with Gasteiger partial charge in [0.1, 0.15) is 0 Å². The highest BCUT2D eigenvalue weighted by Crippen LogP contribution is 2.09. The van der Waals surface area contributed by atoms with Crippen molar-refractivity contribution < 1.29 is 4.79 Å². The molecule has 15 heavy (non-hydrogen) atoms. The Balaban J connectivity index is 2.14. The van der Waals surface area contributed by atoms with Crippen LogP contribution in [-0.4, -0.2) is 31.6 Å². The second-order valence-electron chi connectivity index (χ2n) is 4.33. The first-order valence-corrected chi connectivity index (χ1v) is 5.98. The van der Waals surface area contributed by atoms with E-state index in [9.17, 15) is 4.79 Å². The minimum atomic E-state index is -0.322. The molecular formula is C11H23N3O. The summed E-state index contributed by atoms with van der Waals surface area (Å²) in [5.74, 6) is 0.638. The fourth-order valence-electron chi connectivity index (χ4n) is 1.90. The zero-order valence-electron chi connectivity index (χ0n) is 9.59. The Bertz CT molecular complexity index is 190. The minimum absolute atomic E-state index is 0.00961. The van der Waals surface area contributed by atoms with Gasteiger partial charge in [-0.15, -0.1) is 0 Å². The van der Waals surface area contributed by atoms with E-state index in [4.69, 9.17) is 5.73 Å². The molecule has 0 aromatic heterocycles. The van der Waals surface area contributed by atoms with Gasteiger partial charge in [-0.05, 0) is 38.3 Å². The van der Waals surface area contributed by atoms with E-state index in [-0.39, 0.29) is 11.9 Å². The second-order valence-corrected chi connectivity index (χ2v) is 4.33. The number of carbonyl (C=O) groups excluding carboxylic acids is 1. The first-order chi connectivity index (χ1) is 7.24. The van der Waals surface area contributed by atoms with Crippen molar-refractivity contribution in [2.24, 2.45) is 11.7 Å². The second kappa shape index (κ2) is 6.80. The summed E-state index contributed by atoms with van der Waals surface area (Å²) in [4.78, 5) is 11.5. The third-order valence-electron chi connectivity index (χ3n) is 2.96. The van der Waals surface area contributed by atoms with Crippen molar-refractivity contribution in [2.45, 2.75) is 38.6 Å². The van der Waals surface area contributed by atoms with Gasteiger partial charge in [0.05, 0.1) is 6.04 Å². The molecule has 1 aliphatic heterocycles. The Labute approximate surface area is 92.0 Å². The Morgan fingerprint density at radius 2 is 2.20 bits per heavy atom. The molecule has 0 aliphatic carbocycles. The van der Waals surface area contributed by atoms with Crippen LogP contribution in [0.2, 0.25) is 0 Å². The summed E-state index contributed by atoms with van der Waals surface area (Å²) in [6.07, 6.45) is 4.05. The van der Waals surface area contributed by atoms with Gasteiger partial charge in [-0.3, -0.25) is 4.79 Å². The van der Waals surface area contributed by atoms with Crippen molar-refractivity contribution in [3.8, 4) is 0 Å². The fourth-order valence-corrected chi connectivity index (χ4v) is 1.90. The maximum atomic E-state index is 11.5. The number of hydrogen-bond acceptors (Lipinski definition) is 3. The zero-order valence-corrected chi connectivity index (χ0v) is 9.59. The molecule has 1 atom stereocenters. The normalized spacial score (nSPS) is 19.9. The minimum Gasteiger partial charge on any atom is -0.354 e. The smallest absolute Gasteiger partial charge is 0.236 e. The van der Waals surface area contributed by atoms with Crippen LogP contribution in [-0.2, 0) is 4.79 Å². The molecule has 1 amide bonds. The fraction of sp³-hybridized carbons (Fsp3) is 0.909. The molecular weight excluding hydrogens is 190 g/mol. The van der Waals surface area contributed by atoms with Gasteiger partial charge in [-0.25, -0.2) is 0 Å². The molecule has 4 nitrogen and oxygen atoms in total. The van der Waals surface area contributed by atoms with Gasteiger partial charge in [-0.2, -0.15) is 0 Å². The predicted molar refractivity (Wildman–Crippen MR) is 61.5 cm³/mol. The maximum absolute atomic E-state index is 11.5. The van der Waals surface area contributed by atoms with E-state index in [1.54, 1.807) is 0 Å². The van der Waals surface area contributed by atoms with Gasteiger partial charge >= 0.3 is 0 Å². The Morgan fingerprint density at radius 1 is 1.53 bits per heavy atom. The van der Waals surface area contributed by atoms with Crippen LogP contribution in [0.1, 0.15) is 32.6 Å². The summed E-state index contributed by atoms with van der Waals surface area (Å²) in [6.45, 7) is 4.97. The standard InChI is InChI=1S/C11H23N3O/c1-2-3-10(12)11(15)14-8-9-4-6-13-7-5-9/h9-10,13H,2-8,12H2,1H3,(H,14,15). The Hall–Kier alpha value is -0.610. The topological polar surface area (TPSA) is 67.2 Å². The summed E-state index contributed by atoms with van der Waals surface area (Å²) in [5.41, 5.74) is 5.72. The highest BCUT2D eigenvalue weighted by molar-refractivity contribution is 5.81. The van der Waals surface area contributed by atoms with Crippen LogP contribution < -0.4 is 16.4 Å². The van der Waals surface area contributed by atoms with E-state index in [2.05, 4.69) is 10.6 Å². The Morgan fingerprint density at radius 3 is 2.80 bits per heavy atom. The number of hydrogen-bond donors (Lipinski definition) is 3. The number of nitrogens with two attached hydrogens (primary N) is 1. The van der Waals surface area contributed by atoms with E-state index in [1.165, 1.54) is 0 Å². The maximum Gasteiger partial charge on any atom is 0.236 e. The summed E-state index contributed by atoms with van der Waals surface area (Å²) in [5, 5.41) is 6.25. The molecule has 1 rings (SSSR count). The molecule has 88 valence electrons. The highest BCUT2D eigenvalue weighted by Gasteiger charge is 2.16. The lowest BCUT2D eigenvalue weighted by Crippen LogP contribution is -2.43. The van der Waals surface area contributed by atoms with Gasteiger partial charge in [0.15, 0.2) is 0 Å². The molecule has 0 bridgehead atoms. The lowest BCUT2D eigenvalue weighted by atomic mass is 9.98. The van der Waals surface area contributed by atoms with Crippen molar-refractivity contribution in [2.75, 3.05) is 19.6 Å². The van der Waals surface area contributed by atoms with Crippen LogP contribution >= 0.6 is 0 Å². The predicted octanol–water partition coefficient (Wildman–Crippen LogP) is 0.230. The van der Waals surface area contributed by atoms with Crippen molar-refractivity contribution >= 4 is 5.91 Å². The van der Waals surface area contributed by atoms with Gasteiger partial charge in [-0.1, -0.05) is 13.3 Å². The van der Waals surface area contributed by atoms with E-state index in [0.717, 1.165) is 45.3 Å². The average Bonchev–Trinajstić information content (AvgIpc) is 2.27. The molecule has 0 spiro atoms. The van der Waals surface area contributed by atoms with Gasteiger partial charge in [0.2, 0.25) is 5.91 Å². The van der Waals surface area contributed by atoms with Gasteiger partial charge in [0.25, 0.3) is 0 Å². The molecule has 1 saturated heterocycles. The lowest BCUT2D eigenvalue weighted by molar-refractivity contribution is -0.122.